The number of aliphatic hydroxyl groups excluding tert-OH is 1. The van der Waals surface area contributed by atoms with Crippen LogP contribution in [0.25, 0.3) is 0 Å². The molecule has 5 nitrogen and oxygen atoms in total. The van der Waals surface area contributed by atoms with Crippen molar-refractivity contribution in [1.82, 2.24) is 4.31 Å². The molecule has 0 saturated carbocycles. The maximum Gasteiger partial charge on any atom is 0.243 e. The van der Waals surface area contributed by atoms with Crippen LogP contribution in [0.15, 0.2) is 29.2 Å². The molecule has 0 aliphatic carbocycles. The van der Waals surface area contributed by atoms with Crippen LogP contribution in [0.4, 0.5) is 0 Å². The molecule has 0 unspecified atom stereocenters. The van der Waals surface area contributed by atoms with Gasteiger partial charge in [0.15, 0.2) is 6.29 Å². The highest BCUT2D eigenvalue weighted by Crippen LogP contribution is 2.27. The van der Waals surface area contributed by atoms with Crippen LogP contribution >= 0.6 is 0 Å². The van der Waals surface area contributed by atoms with Crippen molar-refractivity contribution in [2.75, 3.05) is 6.54 Å². The van der Waals surface area contributed by atoms with Crippen LogP contribution in [0.1, 0.15) is 18.4 Å². The van der Waals surface area contributed by atoms with Gasteiger partial charge in [0, 0.05) is 6.54 Å². The standard InChI is InChI=1S/C12H17NO4S/c1-9-4-6-10(7-5-9)18(16,17)13-8-2-3-11(13)12(14)15/h4-7,11-12,14-15H,2-3,8H2,1H3/t11-/m0/s1. The van der Waals surface area contributed by atoms with Gasteiger partial charge in [-0.3, -0.25) is 0 Å². The zero-order valence-corrected chi connectivity index (χ0v) is 11.0. The summed E-state index contributed by atoms with van der Waals surface area (Å²) in [7, 11) is -3.64. The molecule has 1 aliphatic rings. The Labute approximate surface area is 107 Å². The van der Waals surface area contributed by atoms with Gasteiger partial charge in [0.25, 0.3) is 0 Å². The maximum absolute atomic E-state index is 12.4. The summed E-state index contributed by atoms with van der Waals surface area (Å²) in [5, 5.41) is 18.5. The Morgan fingerprint density at radius 2 is 1.89 bits per heavy atom. The molecule has 0 bridgehead atoms. The van der Waals surface area contributed by atoms with E-state index in [2.05, 4.69) is 0 Å². The van der Waals surface area contributed by atoms with Gasteiger partial charge in [-0.2, -0.15) is 4.31 Å². The van der Waals surface area contributed by atoms with Crippen molar-refractivity contribution in [3.63, 3.8) is 0 Å². The van der Waals surface area contributed by atoms with E-state index >= 15 is 0 Å². The Morgan fingerprint density at radius 1 is 1.28 bits per heavy atom. The minimum atomic E-state index is -3.64. The molecule has 1 aromatic carbocycles. The molecule has 0 aromatic heterocycles. The van der Waals surface area contributed by atoms with Crippen molar-refractivity contribution >= 4 is 10.0 Å². The van der Waals surface area contributed by atoms with E-state index in [1.165, 1.54) is 4.31 Å². The Balaban J connectivity index is 2.33. The number of aryl methyl sites for hydroxylation is 1. The maximum atomic E-state index is 12.4. The molecule has 18 heavy (non-hydrogen) atoms. The van der Waals surface area contributed by atoms with E-state index in [0.717, 1.165) is 5.56 Å². The van der Waals surface area contributed by atoms with Gasteiger partial charge in [0.2, 0.25) is 10.0 Å². The third-order valence-corrected chi connectivity index (χ3v) is 5.16. The number of benzene rings is 1. The first-order valence-corrected chi connectivity index (χ1v) is 7.31. The lowest BCUT2D eigenvalue weighted by Gasteiger charge is -2.25. The fourth-order valence-corrected chi connectivity index (χ4v) is 3.90. The van der Waals surface area contributed by atoms with Crippen LogP contribution in [0, 0.1) is 6.92 Å². The SMILES string of the molecule is Cc1ccc(S(=O)(=O)N2CCC[C@H]2C(O)O)cc1. The third kappa shape index (κ3) is 2.42. The Kier molecular flexibility index (Phi) is 3.72. The monoisotopic (exact) mass is 271 g/mol. The molecular weight excluding hydrogens is 254 g/mol. The lowest BCUT2D eigenvalue weighted by Crippen LogP contribution is -2.42. The minimum absolute atomic E-state index is 0.195. The molecule has 0 spiro atoms. The molecule has 1 saturated heterocycles. The van der Waals surface area contributed by atoms with Crippen LogP contribution in [0.5, 0.6) is 0 Å². The van der Waals surface area contributed by atoms with E-state index in [1.807, 2.05) is 6.92 Å². The van der Waals surface area contributed by atoms with Crippen molar-refractivity contribution in [2.45, 2.75) is 37.0 Å². The van der Waals surface area contributed by atoms with Gasteiger partial charge in [-0.15, -0.1) is 0 Å². The van der Waals surface area contributed by atoms with Crippen molar-refractivity contribution in [2.24, 2.45) is 0 Å². The predicted octanol–water partition coefficient (Wildman–Crippen LogP) is 0.459. The molecule has 1 fully saturated rings. The summed E-state index contributed by atoms with van der Waals surface area (Å²) in [6.07, 6.45) is -0.511. The highest BCUT2D eigenvalue weighted by Gasteiger charge is 2.38. The summed E-state index contributed by atoms with van der Waals surface area (Å²) in [5.74, 6) is 0. The number of hydrogen-bond acceptors (Lipinski definition) is 4. The fourth-order valence-electron chi connectivity index (χ4n) is 2.21. The number of aliphatic hydroxyl groups is 2. The minimum Gasteiger partial charge on any atom is -0.367 e. The fraction of sp³-hybridized carbons (Fsp3) is 0.500. The van der Waals surface area contributed by atoms with Crippen molar-refractivity contribution in [3.8, 4) is 0 Å². The van der Waals surface area contributed by atoms with E-state index in [4.69, 9.17) is 0 Å². The Bertz CT molecular complexity index is 509. The second-order valence-corrected chi connectivity index (χ2v) is 6.44. The molecule has 1 aromatic rings. The van der Waals surface area contributed by atoms with Crippen LogP contribution in [0.2, 0.25) is 0 Å². The van der Waals surface area contributed by atoms with E-state index in [0.29, 0.717) is 19.4 Å². The Hall–Kier alpha value is -0.950. The summed E-state index contributed by atoms with van der Waals surface area (Å²) in [6, 6.07) is 5.81. The normalized spacial score (nSPS) is 21.7. The predicted molar refractivity (Wildman–Crippen MR) is 66.3 cm³/mol. The van der Waals surface area contributed by atoms with Crippen LogP contribution in [-0.4, -0.2) is 41.8 Å². The molecule has 100 valence electrons. The van der Waals surface area contributed by atoms with Gasteiger partial charge < -0.3 is 10.2 Å². The molecule has 2 N–H and O–H groups in total. The molecular formula is C12H17NO4S. The van der Waals surface area contributed by atoms with Crippen molar-refractivity contribution in [3.05, 3.63) is 29.8 Å². The second kappa shape index (κ2) is 4.97. The van der Waals surface area contributed by atoms with Gasteiger partial charge in [-0.05, 0) is 31.9 Å². The lowest BCUT2D eigenvalue weighted by molar-refractivity contribution is -0.0768. The van der Waals surface area contributed by atoms with E-state index in [1.54, 1.807) is 24.3 Å². The first-order valence-electron chi connectivity index (χ1n) is 5.87. The quantitative estimate of drug-likeness (QED) is 0.783. The average Bonchev–Trinajstić information content (AvgIpc) is 2.79. The summed E-state index contributed by atoms with van der Waals surface area (Å²) in [6.45, 7) is 2.21. The highest BCUT2D eigenvalue weighted by atomic mass is 32.2. The van der Waals surface area contributed by atoms with Gasteiger partial charge in [-0.25, -0.2) is 8.42 Å². The van der Waals surface area contributed by atoms with Crippen molar-refractivity contribution in [1.29, 1.82) is 0 Å². The van der Waals surface area contributed by atoms with E-state index < -0.39 is 22.4 Å². The van der Waals surface area contributed by atoms with E-state index in [9.17, 15) is 18.6 Å². The first-order chi connectivity index (χ1) is 8.43. The number of rotatable bonds is 3. The summed E-state index contributed by atoms with van der Waals surface area (Å²) in [4.78, 5) is 0.195. The highest BCUT2D eigenvalue weighted by molar-refractivity contribution is 7.89. The smallest absolute Gasteiger partial charge is 0.243 e. The Morgan fingerprint density at radius 3 is 2.44 bits per heavy atom. The van der Waals surface area contributed by atoms with Gasteiger partial charge in [-0.1, -0.05) is 17.7 Å². The molecule has 1 heterocycles. The topological polar surface area (TPSA) is 77.8 Å². The molecule has 0 radical (unpaired) electrons. The van der Waals surface area contributed by atoms with Gasteiger partial charge >= 0.3 is 0 Å². The molecule has 2 rings (SSSR count). The average molecular weight is 271 g/mol. The zero-order chi connectivity index (χ0) is 13.3. The second-order valence-electron chi connectivity index (χ2n) is 4.55. The number of sulfonamides is 1. The summed E-state index contributed by atoms with van der Waals surface area (Å²) >= 11 is 0. The molecule has 1 aliphatic heterocycles. The summed E-state index contributed by atoms with van der Waals surface area (Å²) in [5.41, 5.74) is 0.981. The number of hydrogen-bond donors (Lipinski definition) is 2. The zero-order valence-electron chi connectivity index (χ0n) is 10.2. The molecule has 0 amide bonds. The van der Waals surface area contributed by atoms with Crippen LogP contribution in [0.3, 0.4) is 0 Å². The van der Waals surface area contributed by atoms with Crippen molar-refractivity contribution < 1.29 is 18.6 Å². The third-order valence-electron chi connectivity index (χ3n) is 3.22. The van der Waals surface area contributed by atoms with Gasteiger partial charge in [0.05, 0.1) is 10.9 Å². The van der Waals surface area contributed by atoms with Crippen LogP contribution < -0.4 is 0 Å². The number of nitrogens with zero attached hydrogens (tertiary/aromatic N) is 1. The van der Waals surface area contributed by atoms with Crippen LogP contribution in [-0.2, 0) is 10.0 Å². The lowest BCUT2D eigenvalue weighted by atomic mass is 10.2. The van der Waals surface area contributed by atoms with E-state index in [-0.39, 0.29) is 4.90 Å². The van der Waals surface area contributed by atoms with Gasteiger partial charge in [0.1, 0.15) is 0 Å². The largest absolute Gasteiger partial charge is 0.367 e. The molecule has 1 atom stereocenters. The first kappa shape index (κ1) is 13.5. The molecule has 6 heteroatoms. The summed E-state index contributed by atoms with van der Waals surface area (Å²) < 4.78 is 25.9.